The Hall–Kier alpha value is -1.70. The van der Waals surface area contributed by atoms with E-state index in [0.717, 1.165) is 11.3 Å². The summed E-state index contributed by atoms with van der Waals surface area (Å²) < 4.78 is 0.169. The highest BCUT2D eigenvalue weighted by Crippen LogP contribution is 2.25. The molecule has 0 radical (unpaired) electrons. The van der Waals surface area contributed by atoms with E-state index in [1.54, 1.807) is 26.2 Å². The third kappa shape index (κ3) is 3.69. The van der Waals surface area contributed by atoms with Crippen LogP contribution in [-0.2, 0) is 0 Å². The van der Waals surface area contributed by atoms with Gasteiger partial charge in [0.2, 0.25) is 9.47 Å². The van der Waals surface area contributed by atoms with Crippen molar-refractivity contribution in [2.24, 2.45) is 0 Å². The molecule has 0 fully saturated rings. The Labute approximate surface area is 134 Å². The van der Waals surface area contributed by atoms with Crippen molar-refractivity contribution in [3.63, 3.8) is 0 Å². The van der Waals surface area contributed by atoms with Crippen LogP contribution in [0.4, 0.5) is 5.69 Å². The molecular formula is C12H10Cl2N4O2S. The Balaban J connectivity index is 2.25. The minimum Gasteiger partial charge on any atom is -0.345 e. The molecule has 1 heterocycles. The minimum absolute atomic E-state index is 0.111. The number of benzene rings is 1. The van der Waals surface area contributed by atoms with Crippen molar-refractivity contribution in [3.05, 3.63) is 38.3 Å². The van der Waals surface area contributed by atoms with Gasteiger partial charge in [0.1, 0.15) is 0 Å². The summed E-state index contributed by atoms with van der Waals surface area (Å²) in [6.45, 7) is 0. The highest BCUT2D eigenvalue weighted by atomic mass is 35.5. The molecular weight excluding hydrogens is 335 g/mol. The predicted molar refractivity (Wildman–Crippen MR) is 82.3 cm³/mol. The number of halogens is 2. The van der Waals surface area contributed by atoms with Gasteiger partial charge in [0, 0.05) is 19.7 Å². The monoisotopic (exact) mass is 344 g/mol. The largest absolute Gasteiger partial charge is 0.345 e. The van der Waals surface area contributed by atoms with Crippen molar-refractivity contribution < 1.29 is 9.59 Å². The summed E-state index contributed by atoms with van der Waals surface area (Å²) in [6.07, 6.45) is 0. The van der Waals surface area contributed by atoms with E-state index in [2.05, 4.69) is 15.5 Å². The van der Waals surface area contributed by atoms with Crippen LogP contribution in [0, 0.1) is 0 Å². The van der Waals surface area contributed by atoms with Crippen molar-refractivity contribution in [2.45, 2.75) is 0 Å². The number of carbonyl (C=O) groups excluding carboxylic acids is 2. The second-order valence-corrected chi connectivity index (χ2v) is 6.18. The maximum Gasteiger partial charge on any atom is 0.286 e. The summed E-state index contributed by atoms with van der Waals surface area (Å²) in [5, 5.41) is 10.2. The van der Waals surface area contributed by atoms with Crippen LogP contribution >= 0.6 is 34.5 Å². The van der Waals surface area contributed by atoms with Crippen molar-refractivity contribution in [1.29, 1.82) is 0 Å². The van der Waals surface area contributed by atoms with Gasteiger partial charge in [-0.05, 0) is 29.8 Å². The van der Waals surface area contributed by atoms with E-state index in [1.807, 2.05) is 0 Å². The van der Waals surface area contributed by atoms with Crippen molar-refractivity contribution in [2.75, 3.05) is 19.4 Å². The smallest absolute Gasteiger partial charge is 0.286 e. The van der Waals surface area contributed by atoms with Gasteiger partial charge in [0.15, 0.2) is 0 Å². The van der Waals surface area contributed by atoms with E-state index >= 15 is 0 Å². The van der Waals surface area contributed by atoms with E-state index < -0.39 is 5.91 Å². The molecule has 110 valence electrons. The van der Waals surface area contributed by atoms with Crippen LogP contribution in [0.3, 0.4) is 0 Å². The number of nitrogens with one attached hydrogen (secondary N) is 1. The third-order valence-electron chi connectivity index (χ3n) is 2.46. The number of rotatable bonds is 3. The topological polar surface area (TPSA) is 75.2 Å². The normalized spacial score (nSPS) is 10.3. The summed E-state index contributed by atoms with van der Waals surface area (Å²) in [5.74, 6) is -0.683. The number of aromatic nitrogens is 2. The molecule has 2 amide bonds. The van der Waals surface area contributed by atoms with Gasteiger partial charge in [0.25, 0.3) is 11.8 Å². The summed E-state index contributed by atoms with van der Waals surface area (Å²) in [4.78, 5) is 25.3. The molecule has 0 aliphatic rings. The summed E-state index contributed by atoms with van der Waals surface area (Å²) in [7, 11) is 3.27. The Morgan fingerprint density at radius 2 is 1.95 bits per heavy atom. The van der Waals surface area contributed by atoms with Crippen LogP contribution in [0.1, 0.15) is 20.2 Å². The lowest BCUT2D eigenvalue weighted by atomic mass is 10.2. The predicted octanol–water partition coefficient (Wildman–Crippen LogP) is 2.80. The highest BCUT2D eigenvalue weighted by molar-refractivity contribution is 7.17. The molecule has 1 N–H and O–H groups in total. The summed E-state index contributed by atoms with van der Waals surface area (Å²) >= 11 is 12.6. The quantitative estimate of drug-likeness (QED) is 0.928. The molecule has 0 aliphatic heterocycles. The van der Waals surface area contributed by atoms with E-state index in [0.29, 0.717) is 16.3 Å². The molecule has 0 bridgehead atoms. The summed E-state index contributed by atoms with van der Waals surface area (Å²) in [6, 6.07) is 4.63. The zero-order chi connectivity index (χ0) is 15.6. The first-order chi connectivity index (χ1) is 9.88. The van der Waals surface area contributed by atoms with Gasteiger partial charge in [-0.3, -0.25) is 9.59 Å². The molecule has 1 aromatic carbocycles. The molecule has 21 heavy (non-hydrogen) atoms. The standard InChI is InChI=1S/C12H10Cl2N4O2S/c1-18(2)11(20)6-3-4-7(13)8(5-6)15-9(19)10-16-17-12(14)21-10/h3-5H,1-2H3,(H,15,19). The first kappa shape index (κ1) is 15.7. The Morgan fingerprint density at radius 3 is 2.52 bits per heavy atom. The molecule has 2 rings (SSSR count). The van der Waals surface area contributed by atoms with E-state index in [4.69, 9.17) is 23.2 Å². The Morgan fingerprint density at radius 1 is 1.24 bits per heavy atom. The molecule has 6 nitrogen and oxygen atoms in total. The van der Waals surface area contributed by atoms with E-state index in [1.165, 1.54) is 11.0 Å². The number of carbonyl (C=O) groups is 2. The molecule has 0 spiro atoms. The summed E-state index contributed by atoms with van der Waals surface area (Å²) in [5.41, 5.74) is 0.732. The maximum absolute atomic E-state index is 12.0. The average molecular weight is 345 g/mol. The highest BCUT2D eigenvalue weighted by Gasteiger charge is 2.16. The first-order valence-corrected chi connectivity index (χ1v) is 7.27. The number of hydrogen-bond donors (Lipinski definition) is 1. The van der Waals surface area contributed by atoms with Crippen LogP contribution < -0.4 is 5.32 Å². The van der Waals surface area contributed by atoms with Gasteiger partial charge in [0.05, 0.1) is 10.7 Å². The first-order valence-electron chi connectivity index (χ1n) is 5.70. The average Bonchev–Trinajstić information content (AvgIpc) is 2.87. The fourth-order valence-electron chi connectivity index (χ4n) is 1.49. The zero-order valence-corrected chi connectivity index (χ0v) is 13.4. The van der Waals surface area contributed by atoms with Gasteiger partial charge in [-0.25, -0.2) is 0 Å². The SMILES string of the molecule is CN(C)C(=O)c1ccc(Cl)c(NC(=O)c2nnc(Cl)s2)c1. The molecule has 0 aliphatic carbocycles. The van der Waals surface area contributed by atoms with E-state index in [-0.39, 0.29) is 15.4 Å². The second-order valence-electron chi connectivity index (χ2n) is 4.21. The number of nitrogens with zero attached hydrogens (tertiary/aromatic N) is 3. The fraction of sp³-hybridized carbons (Fsp3) is 0.167. The van der Waals surface area contributed by atoms with Gasteiger partial charge >= 0.3 is 0 Å². The molecule has 0 unspecified atom stereocenters. The van der Waals surface area contributed by atoms with Gasteiger partial charge in [-0.15, -0.1) is 10.2 Å². The second kappa shape index (κ2) is 6.38. The lowest BCUT2D eigenvalue weighted by molar-refractivity contribution is 0.0827. The molecule has 1 aromatic heterocycles. The van der Waals surface area contributed by atoms with E-state index in [9.17, 15) is 9.59 Å². The van der Waals surface area contributed by atoms with Crippen molar-refractivity contribution in [3.8, 4) is 0 Å². The number of amides is 2. The van der Waals surface area contributed by atoms with Gasteiger partial charge in [-0.2, -0.15) is 0 Å². The molecule has 0 atom stereocenters. The van der Waals surface area contributed by atoms with Gasteiger partial charge in [-0.1, -0.05) is 22.9 Å². The van der Waals surface area contributed by atoms with Crippen LogP contribution in [-0.4, -0.2) is 41.0 Å². The van der Waals surface area contributed by atoms with Crippen LogP contribution in [0.25, 0.3) is 0 Å². The lowest BCUT2D eigenvalue weighted by Crippen LogP contribution is -2.22. The Kier molecular flexibility index (Phi) is 4.76. The number of hydrogen-bond acceptors (Lipinski definition) is 5. The minimum atomic E-state index is -0.490. The molecule has 2 aromatic rings. The van der Waals surface area contributed by atoms with Crippen LogP contribution in [0.2, 0.25) is 9.49 Å². The zero-order valence-electron chi connectivity index (χ0n) is 11.1. The fourth-order valence-corrected chi connectivity index (χ4v) is 2.37. The van der Waals surface area contributed by atoms with Gasteiger partial charge < -0.3 is 10.2 Å². The van der Waals surface area contributed by atoms with Crippen LogP contribution in [0.15, 0.2) is 18.2 Å². The lowest BCUT2D eigenvalue weighted by Gasteiger charge is -2.12. The number of anilines is 1. The molecule has 9 heteroatoms. The van der Waals surface area contributed by atoms with Crippen molar-refractivity contribution >= 4 is 52.0 Å². The van der Waals surface area contributed by atoms with Crippen molar-refractivity contribution in [1.82, 2.24) is 15.1 Å². The maximum atomic E-state index is 12.0. The molecule has 0 saturated carbocycles. The van der Waals surface area contributed by atoms with Crippen LogP contribution in [0.5, 0.6) is 0 Å². The third-order valence-corrected chi connectivity index (χ3v) is 3.81. The Bertz CT molecular complexity index is 702. The molecule has 0 saturated heterocycles.